The SMILES string of the molecule is CC(c1cccc(N)c1)N(C)C(=O)Cc1cccc(O)c1. The molecule has 4 nitrogen and oxygen atoms in total. The van der Waals surface area contributed by atoms with E-state index in [9.17, 15) is 9.90 Å². The van der Waals surface area contributed by atoms with Gasteiger partial charge in [0.1, 0.15) is 5.75 Å². The van der Waals surface area contributed by atoms with Gasteiger partial charge in [0.25, 0.3) is 0 Å². The monoisotopic (exact) mass is 284 g/mol. The number of phenolic OH excluding ortho intramolecular Hbond substituents is 1. The lowest BCUT2D eigenvalue weighted by molar-refractivity contribution is -0.131. The van der Waals surface area contributed by atoms with Crippen LogP contribution in [-0.2, 0) is 11.2 Å². The molecule has 21 heavy (non-hydrogen) atoms. The second-order valence-electron chi connectivity index (χ2n) is 5.20. The first-order valence-electron chi connectivity index (χ1n) is 6.86. The number of aromatic hydroxyl groups is 1. The Balaban J connectivity index is 2.08. The van der Waals surface area contributed by atoms with Crippen LogP contribution in [0.3, 0.4) is 0 Å². The summed E-state index contributed by atoms with van der Waals surface area (Å²) < 4.78 is 0. The highest BCUT2D eigenvalue weighted by atomic mass is 16.3. The van der Waals surface area contributed by atoms with Crippen molar-refractivity contribution in [2.45, 2.75) is 19.4 Å². The van der Waals surface area contributed by atoms with Crippen molar-refractivity contribution < 1.29 is 9.90 Å². The highest BCUT2D eigenvalue weighted by Crippen LogP contribution is 2.22. The molecule has 0 aliphatic rings. The standard InChI is InChI=1S/C17H20N2O2/c1-12(14-6-4-7-15(18)11-14)19(2)17(21)10-13-5-3-8-16(20)9-13/h3-9,11-12,20H,10,18H2,1-2H3. The van der Waals surface area contributed by atoms with Crippen LogP contribution in [0.5, 0.6) is 5.75 Å². The summed E-state index contributed by atoms with van der Waals surface area (Å²) in [6.07, 6.45) is 0.261. The zero-order valence-electron chi connectivity index (χ0n) is 12.3. The quantitative estimate of drug-likeness (QED) is 0.848. The molecule has 0 saturated heterocycles. The topological polar surface area (TPSA) is 66.6 Å². The summed E-state index contributed by atoms with van der Waals surface area (Å²) >= 11 is 0. The number of hydrogen-bond donors (Lipinski definition) is 2. The summed E-state index contributed by atoms with van der Waals surface area (Å²) in [6.45, 7) is 1.97. The molecule has 1 atom stereocenters. The van der Waals surface area contributed by atoms with Gasteiger partial charge in [-0.3, -0.25) is 4.79 Å². The van der Waals surface area contributed by atoms with Crippen molar-refractivity contribution >= 4 is 11.6 Å². The number of likely N-dealkylation sites (N-methyl/N-ethyl adjacent to an activating group) is 1. The van der Waals surface area contributed by atoms with Crippen molar-refractivity contribution in [2.75, 3.05) is 12.8 Å². The van der Waals surface area contributed by atoms with Crippen molar-refractivity contribution in [3.63, 3.8) is 0 Å². The number of nitrogens with two attached hydrogens (primary N) is 1. The third-order valence-electron chi connectivity index (χ3n) is 3.63. The first-order valence-corrected chi connectivity index (χ1v) is 6.86. The zero-order chi connectivity index (χ0) is 15.4. The Bertz CT molecular complexity index is 640. The van der Waals surface area contributed by atoms with Gasteiger partial charge in [-0.15, -0.1) is 0 Å². The molecular formula is C17H20N2O2. The van der Waals surface area contributed by atoms with Gasteiger partial charge in [-0.05, 0) is 42.3 Å². The molecule has 2 rings (SSSR count). The Morgan fingerprint density at radius 2 is 1.95 bits per heavy atom. The van der Waals surface area contributed by atoms with Crippen molar-refractivity contribution in [3.8, 4) is 5.75 Å². The van der Waals surface area contributed by atoms with Crippen molar-refractivity contribution in [2.24, 2.45) is 0 Å². The number of phenols is 1. The molecule has 4 heteroatoms. The van der Waals surface area contributed by atoms with E-state index >= 15 is 0 Å². The summed E-state index contributed by atoms with van der Waals surface area (Å²) in [6, 6.07) is 14.2. The summed E-state index contributed by atoms with van der Waals surface area (Å²) in [5.74, 6) is 0.169. The van der Waals surface area contributed by atoms with Crippen LogP contribution < -0.4 is 5.73 Å². The first kappa shape index (κ1) is 14.9. The zero-order valence-corrected chi connectivity index (χ0v) is 12.3. The molecule has 2 aromatic rings. The molecule has 110 valence electrons. The molecule has 0 aliphatic heterocycles. The summed E-state index contributed by atoms with van der Waals surface area (Å²) in [4.78, 5) is 14.0. The number of nitrogens with zero attached hydrogens (tertiary/aromatic N) is 1. The molecule has 0 aliphatic carbocycles. The number of anilines is 1. The van der Waals surface area contributed by atoms with E-state index in [1.165, 1.54) is 0 Å². The summed E-state index contributed by atoms with van der Waals surface area (Å²) in [5.41, 5.74) is 8.27. The molecule has 1 amide bonds. The minimum absolute atomic E-state index is 0.00414. The van der Waals surface area contributed by atoms with Crippen LogP contribution in [0.4, 0.5) is 5.69 Å². The Morgan fingerprint density at radius 1 is 1.24 bits per heavy atom. The molecule has 0 fully saturated rings. The molecule has 0 heterocycles. The largest absolute Gasteiger partial charge is 0.508 e. The van der Waals surface area contributed by atoms with Gasteiger partial charge in [0.2, 0.25) is 5.91 Å². The van der Waals surface area contributed by atoms with Crippen LogP contribution in [0.15, 0.2) is 48.5 Å². The van der Waals surface area contributed by atoms with E-state index < -0.39 is 0 Å². The van der Waals surface area contributed by atoms with Gasteiger partial charge in [0, 0.05) is 12.7 Å². The summed E-state index contributed by atoms with van der Waals surface area (Å²) in [7, 11) is 1.78. The van der Waals surface area contributed by atoms with E-state index in [1.807, 2.05) is 37.3 Å². The van der Waals surface area contributed by atoms with E-state index in [2.05, 4.69) is 0 Å². The number of hydrogen-bond acceptors (Lipinski definition) is 3. The number of nitrogen functional groups attached to an aromatic ring is 1. The van der Waals surface area contributed by atoms with E-state index in [4.69, 9.17) is 5.73 Å². The second kappa shape index (κ2) is 6.31. The predicted molar refractivity (Wildman–Crippen MR) is 83.9 cm³/mol. The maximum Gasteiger partial charge on any atom is 0.227 e. The average molecular weight is 284 g/mol. The van der Waals surface area contributed by atoms with Crippen LogP contribution in [-0.4, -0.2) is 23.0 Å². The maximum absolute atomic E-state index is 12.3. The fraction of sp³-hybridized carbons (Fsp3) is 0.235. The van der Waals surface area contributed by atoms with Gasteiger partial charge < -0.3 is 15.7 Å². The average Bonchev–Trinajstić information content (AvgIpc) is 2.45. The molecule has 3 N–H and O–H groups in total. The van der Waals surface area contributed by atoms with Crippen molar-refractivity contribution in [1.29, 1.82) is 0 Å². The van der Waals surface area contributed by atoms with Crippen LogP contribution in [0.2, 0.25) is 0 Å². The van der Waals surface area contributed by atoms with Gasteiger partial charge in [-0.1, -0.05) is 24.3 Å². The first-order chi connectivity index (χ1) is 9.97. The third-order valence-corrected chi connectivity index (χ3v) is 3.63. The predicted octanol–water partition coefficient (Wildman–Crippen LogP) is 2.74. The molecule has 0 saturated carbocycles. The van der Waals surface area contributed by atoms with Gasteiger partial charge in [0.05, 0.1) is 12.5 Å². The smallest absolute Gasteiger partial charge is 0.227 e. The number of carbonyl (C=O) groups excluding carboxylic acids is 1. The Hall–Kier alpha value is -2.49. The van der Waals surface area contributed by atoms with E-state index in [1.54, 1.807) is 30.1 Å². The van der Waals surface area contributed by atoms with Crippen LogP contribution in [0, 0.1) is 0 Å². The molecule has 0 bridgehead atoms. The van der Waals surface area contributed by atoms with Crippen molar-refractivity contribution in [3.05, 3.63) is 59.7 Å². The van der Waals surface area contributed by atoms with Gasteiger partial charge >= 0.3 is 0 Å². The van der Waals surface area contributed by atoms with Crippen LogP contribution in [0.1, 0.15) is 24.1 Å². The lowest BCUT2D eigenvalue weighted by atomic mass is 10.1. The van der Waals surface area contributed by atoms with Crippen molar-refractivity contribution in [1.82, 2.24) is 4.90 Å². The molecule has 1 unspecified atom stereocenters. The fourth-order valence-electron chi connectivity index (χ4n) is 2.22. The lowest BCUT2D eigenvalue weighted by Crippen LogP contribution is -2.31. The van der Waals surface area contributed by atoms with Gasteiger partial charge in [0.15, 0.2) is 0 Å². The summed E-state index contributed by atoms with van der Waals surface area (Å²) in [5, 5.41) is 9.44. The molecule has 0 aromatic heterocycles. The maximum atomic E-state index is 12.3. The molecule has 2 aromatic carbocycles. The van der Waals surface area contributed by atoms with Gasteiger partial charge in [-0.25, -0.2) is 0 Å². The highest BCUT2D eigenvalue weighted by molar-refractivity contribution is 5.79. The molecule has 0 radical (unpaired) electrons. The normalized spacial score (nSPS) is 11.9. The minimum atomic E-state index is -0.0571. The fourth-order valence-corrected chi connectivity index (χ4v) is 2.22. The molecule has 0 spiro atoms. The van der Waals surface area contributed by atoms with E-state index in [0.29, 0.717) is 5.69 Å². The molecular weight excluding hydrogens is 264 g/mol. The Kier molecular flexibility index (Phi) is 4.48. The minimum Gasteiger partial charge on any atom is -0.508 e. The van der Waals surface area contributed by atoms with Gasteiger partial charge in [-0.2, -0.15) is 0 Å². The number of benzene rings is 2. The van der Waals surface area contributed by atoms with E-state index in [0.717, 1.165) is 11.1 Å². The van der Waals surface area contributed by atoms with Crippen LogP contribution >= 0.6 is 0 Å². The number of rotatable bonds is 4. The third kappa shape index (κ3) is 3.75. The number of carbonyl (C=O) groups is 1. The van der Waals surface area contributed by atoms with E-state index in [-0.39, 0.29) is 24.1 Å². The van der Waals surface area contributed by atoms with Crippen LogP contribution in [0.25, 0.3) is 0 Å². The number of amides is 1. The Morgan fingerprint density at radius 3 is 2.62 bits per heavy atom. The Labute approximate surface area is 124 Å². The lowest BCUT2D eigenvalue weighted by Gasteiger charge is -2.25. The highest BCUT2D eigenvalue weighted by Gasteiger charge is 2.17. The second-order valence-corrected chi connectivity index (χ2v) is 5.20.